The van der Waals surface area contributed by atoms with Crippen LogP contribution in [0.2, 0.25) is 0 Å². The molecule has 0 bridgehead atoms. The van der Waals surface area contributed by atoms with Crippen LogP contribution in [0.5, 0.6) is 0 Å². The number of likely N-dealkylation sites (N-methyl/N-ethyl adjacent to an activating group) is 1. The van der Waals surface area contributed by atoms with Crippen molar-refractivity contribution in [3.05, 3.63) is 50.8 Å². The molecule has 0 N–H and O–H groups in total. The highest BCUT2D eigenvalue weighted by molar-refractivity contribution is 9.11. The molecule has 0 amide bonds. The van der Waals surface area contributed by atoms with Crippen LogP contribution < -0.4 is 0 Å². The summed E-state index contributed by atoms with van der Waals surface area (Å²) in [6.07, 6.45) is 1.04. The molecule has 1 aromatic carbocycles. The van der Waals surface area contributed by atoms with E-state index >= 15 is 0 Å². The van der Waals surface area contributed by atoms with Crippen molar-refractivity contribution in [3.63, 3.8) is 0 Å². The summed E-state index contributed by atoms with van der Waals surface area (Å²) in [7, 11) is -1.36. The Balaban J connectivity index is 1.77. The van der Waals surface area contributed by atoms with Crippen molar-refractivity contribution in [2.75, 3.05) is 20.1 Å². The first-order valence-corrected chi connectivity index (χ1v) is 10.6. The normalized spacial score (nSPS) is 22.1. The molecule has 4 rings (SSSR count). The molecule has 1 aromatic heterocycles. The zero-order chi connectivity index (χ0) is 16.2. The van der Waals surface area contributed by atoms with Gasteiger partial charge in [0.25, 0.3) is 10.0 Å². The molecular formula is C16H17BrN2O2S2. The lowest BCUT2D eigenvalue weighted by Gasteiger charge is -2.42. The lowest BCUT2D eigenvalue weighted by atomic mass is 9.86. The molecule has 1 unspecified atom stereocenters. The van der Waals surface area contributed by atoms with E-state index in [2.05, 4.69) is 40.0 Å². The molecule has 0 radical (unpaired) electrons. The van der Waals surface area contributed by atoms with Gasteiger partial charge in [-0.3, -0.25) is 4.90 Å². The van der Waals surface area contributed by atoms with Crippen LogP contribution in [0.25, 0.3) is 0 Å². The summed E-state index contributed by atoms with van der Waals surface area (Å²) in [5.41, 5.74) is 3.87. The molecule has 4 nitrogen and oxygen atoms in total. The van der Waals surface area contributed by atoms with Gasteiger partial charge in [-0.15, -0.1) is 11.3 Å². The summed E-state index contributed by atoms with van der Waals surface area (Å²) < 4.78 is 28.8. The van der Waals surface area contributed by atoms with E-state index < -0.39 is 10.0 Å². The number of rotatable bonds is 2. The van der Waals surface area contributed by atoms with Crippen LogP contribution in [0.1, 0.15) is 22.7 Å². The average Bonchev–Trinajstić information content (AvgIpc) is 2.98. The third-order valence-corrected chi connectivity index (χ3v) is 8.65. The number of hydrogen-bond acceptors (Lipinski definition) is 4. The van der Waals surface area contributed by atoms with Gasteiger partial charge in [-0.25, -0.2) is 8.42 Å². The van der Waals surface area contributed by atoms with E-state index in [1.807, 2.05) is 6.07 Å². The minimum Gasteiger partial charge on any atom is -0.298 e. The molecule has 0 aliphatic carbocycles. The summed E-state index contributed by atoms with van der Waals surface area (Å²) in [4.78, 5) is 2.28. The predicted molar refractivity (Wildman–Crippen MR) is 95.1 cm³/mol. The molecule has 23 heavy (non-hydrogen) atoms. The monoisotopic (exact) mass is 412 g/mol. The summed E-state index contributed by atoms with van der Waals surface area (Å²) in [5.74, 6) is 0. The largest absolute Gasteiger partial charge is 0.298 e. The molecular weight excluding hydrogens is 396 g/mol. The molecule has 7 heteroatoms. The van der Waals surface area contributed by atoms with E-state index in [9.17, 15) is 8.42 Å². The van der Waals surface area contributed by atoms with Gasteiger partial charge in [-0.2, -0.15) is 4.31 Å². The maximum atomic E-state index is 13.0. The van der Waals surface area contributed by atoms with E-state index in [4.69, 9.17) is 0 Å². The first-order chi connectivity index (χ1) is 11.0. The third-order valence-electron chi connectivity index (χ3n) is 4.75. The van der Waals surface area contributed by atoms with Gasteiger partial charge in [0.15, 0.2) is 0 Å². The van der Waals surface area contributed by atoms with Gasteiger partial charge in [0, 0.05) is 25.7 Å². The van der Waals surface area contributed by atoms with Crippen LogP contribution in [0.15, 0.2) is 38.3 Å². The lowest BCUT2D eigenvalue weighted by Crippen LogP contribution is -2.46. The molecule has 0 saturated carbocycles. The van der Waals surface area contributed by atoms with Crippen LogP contribution in [0.4, 0.5) is 0 Å². The zero-order valence-corrected chi connectivity index (χ0v) is 15.9. The maximum absolute atomic E-state index is 13.0. The molecule has 0 saturated heterocycles. The second-order valence-electron chi connectivity index (χ2n) is 6.09. The van der Waals surface area contributed by atoms with Gasteiger partial charge in [0.1, 0.15) is 4.21 Å². The number of thiophene rings is 1. The van der Waals surface area contributed by atoms with Gasteiger partial charge in [0.05, 0.1) is 3.79 Å². The van der Waals surface area contributed by atoms with Crippen molar-refractivity contribution in [1.29, 1.82) is 0 Å². The molecule has 122 valence electrons. The van der Waals surface area contributed by atoms with Crippen molar-refractivity contribution in [3.8, 4) is 0 Å². The Morgan fingerprint density at radius 1 is 1.22 bits per heavy atom. The zero-order valence-electron chi connectivity index (χ0n) is 12.7. The standard InChI is InChI=1S/C16H17BrN2O2S2/c1-18-8-7-11-3-2-4-12-9-19(10-13(18)16(11)12)23(20,21)15-6-5-14(17)22-15/h2-6,13H,7-10H2,1H3. The first kappa shape index (κ1) is 15.8. The van der Waals surface area contributed by atoms with Crippen molar-refractivity contribution in [1.82, 2.24) is 9.21 Å². The minimum absolute atomic E-state index is 0.155. The second-order valence-corrected chi connectivity index (χ2v) is 10.7. The van der Waals surface area contributed by atoms with E-state index in [0.29, 0.717) is 17.3 Å². The summed E-state index contributed by atoms with van der Waals surface area (Å²) in [6.45, 7) is 1.96. The molecule has 0 spiro atoms. The Hall–Kier alpha value is -0.730. The second kappa shape index (κ2) is 5.67. The fraction of sp³-hybridized carbons (Fsp3) is 0.375. The molecule has 3 heterocycles. The number of sulfonamides is 1. The summed E-state index contributed by atoms with van der Waals surface area (Å²) >= 11 is 4.63. The van der Waals surface area contributed by atoms with Crippen LogP contribution >= 0.6 is 27.3 Å². The van der Waals surface area contributed by atoms with E-state index in [1.165, 1.54) is 22.5 Å². The Kier molecular flexibility index (Phi) is 3.89. The van der Waals surface area contributed by atoms with Crippen molar-refractivity contribution < 1.29 is 8.42 Å². The first-order valence-electron chi connectivity index (χ1n) is 7.53. The molecule has 2 aliphatic heterocycles. The van der Waals surface area contributed by atoms with Crippen molar-refractivity contribution in [2.24, 2.45) is 0 Å². The molecule has 2 aromatic rings. The van der Waals surface area contributed by atoms with E-state index in [1.54, 1.807) is 16.4 Å². The van der Waals surface area contributed by atoms with Gasteiger partial charge in [-0.05, 0) is 58.2 Å². The maximum Gasteiger partial charge on any atom is 0.252 e. The van der Waals surface area contributed by atoms with Crippen LogP contribution in [0, 0.1) is 0 Å². The molecule has 2 aliphatic rings. The minimum atomic E-state index is -3.44. The topological polar surface area (TPSA) is 40.6 Å². The highest BCUT2D eigenvalue weighted by Gasteiger charge is 2.38. The van der Waals surface area contributed by atoms with Crippen LogP contribution in [0.3, 0.4) is 0 Å². The van der Waals surface area contributed by atoms with Gasteiger partial charge >= 0.3 is 0 Å². The Bertz CT molecular complexity index is 863. The number of hydrogen-bond donors (Lipinski definition) is 0. The van der Waals surface area contributed by atoms with Gasteiger partial charge in [0.2, 0.25) is 0 Å². The Morgan fingerprint density at radius 2 is 2.00 bits per heavy atom. The lowest BCUT2D eigenvalue weighted by molar-refractivity contribution is 0.178. The van der Waals surface area contributed by atoms with E-state index in [0.717, 1.165) is 22.3 Å². The Labute approximate surface area is 148 Å². The predicted octanol–water partition coefficient (Wildman–Crippen LogP) is 3.24. The quantitative estimate of drug-likeness (QED) is 0.759. The Morgan fingerprint density at radius 3 is 2.74 bits per heavy atom. The van der Waals surface area contributed by atoms with Crippen LogP contribution in [-0.2, 0) is 23.0 Å². The van der Waals surface area contributed by atoms with Crippen LogP contribution in [-0.4, -0.2) is 37.8 Å². The average molecular weight is 413 g/mol. The van der Waals surface area contributed by atoms with Crippen molar-refractivity contribution in [2.45, 2.75) is 23.2 Å². The highest BCUT2D eigenvalue weighted by atomic mass is 79.9. The molecule has 1 atom stereocenters. The third kappa shape index (κ3) is 2.59. The fourth-order valence-corrected chi connectivity index (χ4v) is 7.14. The summed E-state index contributed by atoms with van der Waals surface area (Å²) in [6, 6.07) is 9.92. The smallest absolute Gasteiger partial charge is 0.252 e. The van der Waals surface area contributed by atoms with E-state index in [-0.39, 0.29) is 6.04 Å². The fourth-order valence-electron chi connectivity index (χ4n) is 3.55. The summed E-state index contributed by atoms with van der Waals surface area (Å²) in [5, 5.41) is 0. The highest BCUT2D eigenvalue weighted by Crippen LogP contribution is 2.39. The molecule has 0 fully saturated rings. The van der Waals surface area contributed by atoms with Gasteiger partial charge < -0.3 is 0 Å². The van der Waals surface area contributed by atoms with Gasteiger partial charge in [-0.1, -0.05) is 18.2 Å². The SMILES string of the molecule is CN1CCc2cccc3c2C1CN(S(=O)(=O)c1ccc(Br)s1)C3. The number of halogens is 1. The van der Waals surface area contributed by atoms with Crippen molar-refractivity contribution >= 4 is 37.3 Å². The number of nitrogens with zero attached hydrogens (tertiary/aromatic N) is 2. The number of benzene rings is 1.